The number of hydrogen-bond donors (Lipinski definition) is 2. The summed E-state index contributed by atoms with van der Waals surface area (Å²) in [5.41, 5.74) is 0.476. The first kappa shape index (κ1) is 23.3. The molecule has 10 heteroatoms. The molecule has 1 atom stereocenters. The number of benzene rings is 1. The van der Waals surface area contributed by atoms with Crippen LogP contribution >= 0.6 is 0 Å². The number of carbonyl (C=O) groups is 4. The van der Waals surface area contributed by atoms with Gasteiger partial charge in [-0.3, -0.25) is 9.59 Å². The number of carbonyl (C=O) groups excluding carboxylic acids is 3. The van der Waals surface area contributed by atoms with Gasteiger partial charge in [0.1, 0.15) is 11.7 Å². The summed E-state index contributed by atoms with van der Waals surface area (Å²) >= 11 is 0. The molecule has 0 radical (unpaired) electrons. The predicted molar refractivity (Wildman–Crippen MR) is 104 cm³/mol. The van der Waals surface area contributed by atoms with Crippen molar-refractivity contribution in [2.75, 3.05) is 0 Å². The number of nitrogens with one attached hydrogen (secondary N) is 1. The second-order valence-electron chi connectivity index (χ2n) is 8.58. The van der Waals surface area contributed by atoms with E-state index < -0.39 is 41.2 Å². The van der Waals surface area contributed by atoms with Gasteiger partial charge in [0.2, 0.25) is 0 Å². The average Bonchev–Trinajstić information content (AvgIpc) is 2.83. The monoisotopic (exact) mass is 422 g/mol. The van der Waals surface area contributed by atoms with Crippen LogP contribution in [0.25, 0.3) is 0 Å². The van der Waals surface area contributed by atoms with Gasteiger partial charge in [0.05, 0.1) is 22.3 Å². The minimum atomic E-state index is -1.56. The van der Waals surface area contributed by atoms with Gasteiger partial charge in [-0.15, -0.1) is 0 Å². The summed E-state index contributed by atoms with van der Waals surface area (Å²) in [7, 11) is 0. The van der Waals surface area contributed by atoms with Gasteiger partial charge in [0.25, 0.3) is 11.8 Å². The Morgan fingerprint density at radius 3 is 2.23 bits per heavy atom. The third-order valence-electron chi connectivity index (χ3n) is 3.93. The molecule has 164 valence electrons. The second kappa shape index (κ2) is 8.41. The molecule has 0 saturated heterocycles. The van der Waals surface area contributed by atoms with E-state index in [4.69, 9.17) is 19.6 Å². The Balaban J connectivity index is 2.05. The van der Waals surface area contributed by atoms with E-state index in [2.05, 4.69) is 0 Å². The number of fused-ring (bicyclic) bond motifs is 1. The number of ether oxygens (including phenoxy) is 1. The summed E-state index contributed by atoms with van der Waals surface area (Å²) < 4.78 is 5.42. The zero-order valence-electron chi connectivity index (χ0n) is 17.8. The molecule has 10 nitrogen and oxygen atoms in total. The Hall–Kier alpha value is -2.98. The van der Waals surface area contributed by atoms with Crippen molar-refractivity contribution in [2.24, 2.45) is 0 Å². The number of nitrogens with zero attached hydrogens (tertiary/aromatic N) is 1. The second-order valence-corrected chi connectivity index (χ2v) is 8.58. The first-order valence-corrected chi connectivity index (χ1v) is 9.30. The zero-order chi connectivity index (χ0) is 22.9. The average molecular weight is 422 g/mol. The summed E-state index contributed by atoms with van der Waals surface area (Å²) in [5, 5.41) is 9.13. The first-order chi connectivity index (χ1) is 13.7. The number of hydrazine groups is 1. The van der Waals surface area contributed by atoms with Gasteiger partial charge in [0, 0.05) is 6.42 Å². The smallest absolute Gasteiger partial charge is 0.424 e. The molecule has 0 spiro atoms. The molecule has 1 heterocycles. The molecule has 0 aromatic heterocycles. The number of amides is 3. The van der Waals surface area contributed by atoms with Crippen LogP contribution in [0.2, 0.25) is 0 Å². The van der Waals surface area contributed by atoms with Crippen molar-refractivity contribution < 1.29 is 38.8 Å². The summed E-state index contributed by atoms with van der Waals surface area (Å²) in [6, 6.07) is 3.83. The lowest BCUT2D eigenvalue weighted by Crippen LogP contribution is -2.45. The summed E-state index contributed by atoms with van der Waals surface area (Å²) in [6.45, 7) is 10.8. The lowest BCUT2D eigenvalue weighted by molar-refractivity contribution is -0.399. The fourth-order valence-electron chi connectivity index (χ4n) is 2.82. The van der Waals surface area contributed by atoms with Crippen molar-refractivity contribution >= 4 is 23.9 Å². The summed E-state index contributed by atoms with van der Waals surface area (Å²) in [6.07, 6.45) is -1.75. The van der Waals surface area contributed by atoms with E-state index in [1.54, 1.807) is 26.2 Å². The van der Waals surface area contributed by atoms with E-state index in [1.807, 2.05) is 20.8 Å². The molecule has 0 bridgehead atoms. The fraction of sp³-hybridized carbons (Fsp3) is 0.500. The SMILES string of the molecule is CC(CC(C)(C)OOC(C)(C)C)OC(=O)c1ccc2c(c1)C(=O)N(NC(=O)O)C2=O. The highest BCUT2D eigenvalue weighted by Gasteiger charge is 2.38. The van der Waals surface area contributed by atoms with Crippen LogP contribution in [-0.2, 0) is 14.5 Å². The van der Waals surface area contributed by atoms with E-state index in [0.717, 1.165) is 0 Å². The number of imide groups is 1. The van der Waals surface area contributed by atoms with Gasteiger partial charge in [-0.05, 0) is 59.7 Å². The summed E-state index contributed by atoms with van der Waals surface area (Å²) in [4.78, 5) is 58.4. The van der Waals surface area contributed by atoms with E-state index in [9.17, 15) is 19.2 Å². The van der Waals surface area contributed by atoms with Crippen LogP contribution in [-0.4, -0.2) is 51.3 Å². The third-order valence-corrected chi connectivity index (χ3v) is 3.93. The van der Waals surface area contributed by atoms with Crippen LogP contribution in [0.3, 0.4) is 0 Å². The van der Waals surface area contributed by atoms with Crippen molar-refractivity contribution in [1.82, 2.24) is 10.4 Å². The molecule has 0 saturated carbocycles. The van der Waals surface area contributed by atoms with Crippen LogP contribution in [0.4, 0.5) is 4.79 Å². The number of carboxylic acid groups (broad SMARTS) is 1. The van der Waals surface area contributed by atoms with Crippen molar-refractivity contribution in [3.05, 3.63) is 34.9 Å². The Bertz CT molecular complexity index is 872. The third kappa shape index (κ3) is 5.77. The lowest BCUT2D eigenvalue weighted by Gasteiger charge is -2.30. The Kier molecular flexibility index (Phi) is 6.53. The maximum absolute atomic E-state index is 12.5. The minimum Gasteiger partial charge on any atom is -0.464 e. The van der Waals surface area contributed by atoms with Crippen LogP contribution < -0.4 is 5.43 Å². The standard InChI is InChI=1S/C20H26N2O8/c1-11(10-20(5,6)30-29-19(2,3)4)28-17(25)12-7-8-13-14(9-12)16(24)22(15(13)23)21-18(26)27/h7-9,11,21H,10H2,1-6H3,(H,26,27). The molecule has 2 rings (SSSR count). The molecule has 1 aromatic carbocycles. The zero-order valence-corrected chi connectivity index (χ0v) is 17.8. The van der Waals surface area contributed by atoms with E-state index in [-0.39, 0.29) is 16.7 Å². The van der Waals surface area contributed by atoms with E-state index >= 15 is 0 Å². The maximum atomic E-state index is 12.5. The van der Waals surface area contributed by atoms with Gasteiger partial charge in [-0.25, -0.2) is 24.8 Å². The quantitative estimate of drug-likeness (QED) is 0.297. The highest BCUT2D eigenvalue weighted by atomic mass is 17.2. The molecule has 1 unspecified atom stereocenters. The molecule has 1 aromatic rings. The van der Waals surface area contributed by atoms with Crippen LogP contribution in [0.1, 0.15) is 79.0 Å². The summed E-state index contributed by atoms with van der Waals surface area (Å²) in [5.74, 6) is -2.37. The number of esters is 1. The Labute approximate surface area is 174 Å². The molecule has 30 heavy (non-hydrogen) atoms. The van der Waals surface area contributed by atoms with Crippen LogP contribution in [0, 0.1) is 0 Å². The molecule has 3 amide bonds. The largest absolute Gasteiger partial charge is 0.464 e. The van der Waals surface area contributed by atoms with Gasteiger partial charge >= 0.3 is 12.1 Å². The molecule has 1 aliphatic rings. The lowest BCUT2D eigenvalue weighted by atomic mass is 10.0. The number of hydrogen-bond acceptors (Lipinski definition) is 7. The van der Waals surface area contributed by atoms with Gasteiger partial charge in [0.15, 0.2) is 0 Å². The molecular formula is C20H26N2O8. The Morgan fingerprint density at radius 2 is 1.67 bits per heavy atom. The van der Waals surface area contributed by atoms with Crippen molar-refractivity contribution in [1.29, 1.82) is 0 Å². The first-order valence-electron chi connectivity index (χ1n) is 9.30. The van der Waals surface area contributed by atoms with E-state index in [0.29, 0.717) is 11.4 Å². The minimum absolute atomic E-state index is 0.00721. The molecule has 2 N–H and O–H groups in total. The van der Waals surface area contributed by atoms with Crippen molar-refractivity contribution in [3.8, 4) is 0 Å². The predicted octanol–water partition coefficient (Wildman–Crippen LogP) is 2.93. The highest BCUT2D eigenvalue weighted by molar-refractivity contribution is 6.22. The highest BCUT2D eigenvalue weighted by Crippen LogP contribution is 2.25. The normalized spacial score (nSPS) is 15.1. The van der Waals surface area contributed by atoms with Gasteiger partial charge < -0.3 is 9.84 Å². The fourth-order valence-corrected chi connectivity index (χ4v) is 2.82. The van der Waals surface area contributed by atoms with Crippen molar-refractivity contribution in [3.63, 3.8) is 0 Å². The molecule has 0 fully saturated rings. The topological polar surface area (TPSA) is 131 Å². The molecule has 0 aliphatic carbocycles. The van der Waals surface area contributed by atoms with Gasteiger partial charge in [-0.1, -0.05) is 0 Å². The molecular weight excluding hydrogens is 396 g/mol. The Morgan fingerprint density at radius 1 is 1.07 bits per heavy atom. The van der Waals surface area contributed by atoms with Crippen LogP contribution in [0.5, 0.6) is 0 Å². The van der Waals surface area contributed by atoms with Crippen LogP contribution in [0.15, 0.2) is 18.2 Å². The maximum Gasteiger partial charge on any atom is 0.424 e. The van der Waals surface area contributed by atoms with Crippen molar-refractivity contribution in [2.45, 2.75) is 65.3 Å². The van der Waals surface area contributed by atoms with Gasteiger partial charge in [-0.2, -0.15) is 5.01 Å². The number of rotatable bonds is 7. The van der Waals surface area contributed by atoms with E-state index in [1.165, 1.54) is 18.2 Å². The molecule has 1 aliphatic heterocycles.